The average molecular weight is 507 g/mol. The number of ether oxygens (including phenoxy) is 2. The summed E-state index contributed by atoms with van der Waals surface area (Å²) >= 11 is 6.13. The summed E-state index contributed by atoms with van der Waals surface area (Å²) in [5, 5.41) is 4.83. The van der Waals surface area contributed by atoms with Crippen LogP contribution in [0.3, 0.4) is 0 Å². The fourth-order valence-electron chi connectivity index (χ4n) is 4.37. The molecular weight excluding hydrogens is 475 g/mol. The van der Waals surface area contributed by atoms with Gasteiger partial charge in [-0.15, -0.1) is 0 Å². The minimum atomic E-state index is -4.82. The highest BCUT2D eigenvalue weighted by molar-refractivity contribution is 7.53. The zero-order valence-corrected chi connectivity index (χ0v) is 20.2. The maximum atomic E-state index is 11.9. The van der Waals surface area contributed by atoms with Gasteiger partial charge in [-0.3, -0.25) is 9.57 Å². The van der Waals surface area contributed by atoms with Gasteiger partial charge in [-0.05, 0) is 56.5 Å². The van der Waals surface area contributed by atoms with Gasteiger partial charge in [0, 0.05) is 12.1 Å². The second-order valence-electron chi connectivity index (χ2n) is 8.47. The van der Waals surface area contributed by atoms with E-state index in [0.29, 0.717) is 36.6 Å². The largest absolute Gasteiger partial charge is 0.464 e. The Hall–Kier alpha value is -1.69. The van der Waals surface area contributed by atoms with E-state index in [-0.39, 0.29) is 36.5 Å². The lowest BCUT2D eigenvalue weighted by atomic mass is 10.1. The summed E-state index contributed by atoms with van der Waals surface area (Å²) in [5.74, 6) is 4.06. The molecule has 186 valence electrons. The fourth-order valence-corrected chi connectivity index (χ4v) is 5.16. The van der Waals surface area contributed by atoms with Crippen molar-refractivity contribution < 1.29 is 28.6 Å². The Morgan fingerprint density at radius 2 is 2.00 bits per heavy atom. The van der Waals surface area contributed by atoms with Crippen molar-refractivity contribution in [3.63, 3.8) is 0 Å². The lowest BCUT2D eigenvalue weighted by molar-refractivity contribution is -0.152. The monoisotopic (exact) mass is 506 g/mol. The van der Waals surface area contributed by atoms with E-state index in [0.717, 1.165) is 25.7 Å². The van der Waals surface area contributed by atoms with Gasteiger partial charge in [-0.2, -0.15) is 9.97 Å². The molecule has 1 unspecified atom stereocenters. The first-order valence-corrected chi connectivity index (χ1v) is 13.1. The number of carbonyl (C=O) groups is 1. The molecule has 12 nitrogen and oxygen atoms in total. The van der Waals surface area contributed by atoms with E-state index in [1.807, 2.05) is 0 Å². The van der Waals surface area contributed by atoms with Gasteiger partial charge < -0.3 is 30.3 Å². The lowest BCUT2D eigenvalue weighted by Gasteiger charge is -2.27. The Morgan fingerprint density at radius 3 is 2.64 bits per heavy atom. The molecule has 0 bridgehead atoms. The number of aromatic nitrogens is 2. The SMILES string of the molecule is CCOC(=O)C(OC[C@@H]1CC[C@H](N(N)c2nc(Cl)nc(NC3CCCC3)c2N)C1)P(=O)(O)O. The number of nitrogens with two attached hydrogens (primary N) is 2. The number of hydrogen-bond acceptors (Lipinski definition) is 10. The van der Waals surface area contributed by atoms with Gasteiger partial charge in [-0.25, -0.2) is 10.6 Å². The van der Waals surface area contributed by atoms with Crippen molar-refractivity contribution in [1.29, 1.82) is 0 Å². The van der Waals surface area contributed by atoms with Crippen LogP contribution in [-0.2, 0) is 18.8 Å². The van der Waals surface area contributed by atoms with Crippen molar-refractivity contribution in [1.82, 2.24) is 9.97 Å². The predicted molar refractivity (Wildman–Crippen MR) is 124 cm³/mol. The summed E-state index contributed by atoms with van der Waals surface area (Å²) in [7, 11) is -4.82. The van der Waals surface area contributed by atoms with Crippen molar-refractivity contribution >= 4 is 42.5 Å². The van der Waals surface area contributed by atoms with Gasteiger partial charge in [0.2, 0.25) is 5.28 Å². The molecule has 0 spiro atoms. The number of carbonyl (C=O) groups excluding carboxylic acids is 1. The Bertz CT molecular complexity index is 883. The van der Waals surface area contributed by atoms with E-state index in [1.165, 1.54) is 5.01 Å². The van der Waals surface area contributed by atoms with Crippen LogP contribution >= 0.6 is 19.2 Å². The molecule has 0 amide bonds. The van der Waals surface area contributed by atoms with Crippen LogP contribution in [0.1, 0.15) is 51.9 Å². The zero-order valence-electron chi connectivity index (χ0n) is 18.5. The van der Waals surface area contributed by atoms with E-state index in [1.54, 1.807) is 6.92 Å². The van der Waals surface area contributed by atoms with Gasteiger partial charge in [0.15, 0.2) is 11.6 Å². The number of nitrogens with zero attached hydrogens (tertiary/aromatic N) is 3. The van der Waals surface area contributed by atoms with Gasteiger partial charge in [0.05, 0.1) is 13.2 Å². The Kier molecular flexibility index (Phi) is 8.76. The molecule has 0 aromatic carbocycles. The number of hydrazine groups is 1. The van der Waals surface area contributed by atoms with Crippen molar-refractivity contribution in [3.05, 3.63) is 5.28 Å². The minimum Gasteiger partial charge on any atom is -0.464 e. The molecule has 1 aromatic heterocycles. The number of nitrogen functional groups attached to an aromatic ring is 1. The van der Waals surface area contributed by atoms with Gasteiger partial charge in [-0.1, -0.05) is 12.8 Å². The minimum absolute atomic E-state index is 0.00711. The second kappa shape index (κ2) is 11.2. The van der Waals surface area contributed by atoms with Crippen LogP contribution in [0.2, 0.25) is 5.28 Å². The normalized spacial score (nSPS) is 22.3. The first kappa shape index (κ1) is 25.9. The first-order valence-electron chi connectivity index (χ1n) is 11.1. The summed E-state index contributed by atoms with van der Waals surface area (Å²) in [6, 6.07) is 0.133. The third-order valence-electron chi connectivity index (χ3n) is 6.03. The molecule has 2 saturated carbocycles. The van der Waals surface area contributed by atoms with E-state index < -0.39 is 19.4 Å². The molecule has 2 fully saturated rings. The number of halogens is 1. The molecule has 0 saturated heterocycles. The predicted octanol–water partition coefficient (Wildman–Crippen LogP) is 2.00. The van der Waals surface area contributed by atoms with Gasteiger partial charge in [0.25, 0.3) is 5.85 Å². The fraction of sp³-hybridized carbons (Fsp3) is 0.737. The van der Waals surface area contributed by atoms with Crippen molar-refractivity contribution in [2.24, 2.45) is 11.8 Å². The molecule has 33 heavy (non-hydrogen) atoms. The smallest absolute Gasteiger partial charge is 0.365 e. The summed E-state index contributed by atoms with van der Waals surface area (Å²) in [5.41, 5.74) is 6.63. The maximum Gasteiger partial charge on any atom is 0.365 e. The molecule has 14 heteroatoms. The molecule has 0 aliphatic heterocycles. The van der Waals surface area contributed by atoms with Crippen LogP contribution in [-0.4, -0.2) is 56.9 Å². The number of rotatable bonds is 10. The molecule has 3 atom stereocenters. The van der Waals surface area contributed by atoms with Crippen molar-refractivity contribution in [2.75, 3.05) is 29.3 Å². The summed E-state index contributed by atoms with van der Waals surface area (Å²) in [6.45, 7) is 1.52. The first-order chi connectivity index (χ1) is 15.6. The summed E-state index contributed by atoms with van der Waals surface area (Å²) in [6.07, 6.45) is 6.29. The van der Waals surface area contributed by atoms with Crippen LogP contribution < -0.4 is 21.9 Å². The highest BCUT2D eigenvalue weighted by Crippen LogP contribution is 2.43. The standard InChI is InChI=1S/C19H32ClN6O6P/c1-2-31-17(27)18(33(28,29)30)32-10-11-7-8-13(9-11)26(22)16-14(21)15(24-19(20)25-16)23-12-5-3-4-6-12/h11-13,18H,2-10,21-22H2,1H3,(H,23,24,25)(H2,28,29,30)/t11-,13+,18?/m1/s1. The molecule has 7 N–H and O–H groups in total. The number of hydrogen-bond donors (Lipinski definition) is 5. The van der Waals surface area contributed by atoms with E-state index in [2.05, 4.69) is 15.3 Å². The lowest BCUT2D eigenvalue weighted by Crippen LogP contribution is -2.41. The third kappa shape index (κ3) is 6.68. The van der Waals surface area contributed by atoms with Crippen LogP contribution in [0.25, 0.3) is 0 Å². The van der Waals surface area contributed by atoms with Crippen LogP contribution in [0.15, 0.2) is 0 Å². The number of esters is 1. The molecule has 2 aliphatic carbocycles. The quantitative estimate of drug-likeness (QED) is 0.102. The van der Waals surface area contributed by atoms with E-state index in [4.69, 9.17) is 32.7 Å². The highest BCUT2D eigenvalue weighted by Gasteiger charge is 2.40. The van der Waals surface area contributed by atoms with Crippen molar-refractivity contribution in [3.8, 4) is 0 Å². The summed E-state index contributed by atoms with van der Waals surface area (Å²) < 4.78 is 21.6. The Balaban J connectivity index is 1.63. The van der Waals surface area contributed by atoms with Crippen LogP contribution in [0.4, 0.5) is 17.3 Å². The average Bonchev–Trinajstić information content (AvgIpc) is 3.41. The molecule has 1 aromatic rings. The summed E-state index contributed by atoms with van der Waals surface area (Å²) in [4.78, 5) is 39.2. The number of nitrogens with one attached hydrogen (secondary N) is 1. The number of anilines is 3. The van der Waals surface area contributed by atoms with Gasteiger partial charge in [0.1, 0.15) is 5.69 Å². The molecule has 3 rings (SSSR count). The molecule has 1 heterocycles. The van der Waals surface area contributed by atoms with Gasteiger partial charge >= 0.3 is 13.6 Å². The maximum absolute atomic E-state index is 11.9. The molecular formula is C19H32ClN6O6P. The highest BCUT2D eigenvalue weighted by atomic mass is 35.5. The second-order valence-corrected chi connectivity index (χ2v) is 10.5. The van der Waals surface area contributed by atoms with Crippen LogP contribution in [0, 0.1) is 5.92 Å². The molecule has 0 radical (unpaired) electrons. The zero-order chi connectivity index (χ0) is 24.2. The van der Waals surface area contributed by atoms with Crippen molar-refractivity contribution in [2.45, 2.75) is 69.8 Å². The van der Waals surface area contributed by atoms with E-state index in [9.17, 15) is 19.1 Å². The Labute approximate surface area is 197 Å². The molecule has 2 aliphatic rings. The third-order valence-corrected chi connectivity index (χ3v) is 7.17. The topological polar surface area (TPSA) is 186 Å². The van der Waals surface area contributed by atoms with Crippen LogP contribution in [0.5, 0.6) is 0 Å². The Morgan fingerprint density at radius 1 is 1.30 bits per heavy atom. The van der Waals surface area contributed by atoms with E-state index >= 15 is 0 Å².